The zero-order valence-corrected chi connectivity index (χ0v) is 25.3. The molecule has 2 saturated heterocycles. The number of nitrogens with one attached hydrogen (secondary N) is 1. The number of esters is 1. The number of rotatable bonds is 8. The molecule has 1 aromatic carbocycles. The van der Waals surface area contributed by atoms with Gasteiger partial charge in [-0.25, -0.2) is 9.59 Å². The molecule has 2 aliphatic heterocycles. The lowest BCUT2D eigenvalue weighted by molar-refractivity contribution is -0.0297. The summed E-state index contributed by atoms with van der Waals surface area (Å²) in [5.74, 6) is -0.147. The highest BCUT2D eigenvalue weighted by Gasteiger charge is 2.53. The average Bonchev–Trinajstić information content (AvgIpc) is 3.17. The summed E-state index contributed by atoms with van der Waals surface area (Å²) in [4.78, 5) is 27.7. The number of fused-ring (bicyclic) bond motifs is 1. The molecule has 0 spiro atoms. The summed E-state index contributed by atoms with van der Waals surface area (Å²) in [6.45, 7) is 12.9. The Kier molecular flexibility index (Phi) is 8.97. The maximum Gasteiger partial charge on any atom is 0.514 e. The van der Waals surface area contributed by atoms with Crippen LogP contribution in [-0.2, 0) is 25.2 Å². The van der Waals surface area contributed by atoms with E-state index in [1.807, 2.05) is 0 Å². The summed E-state index contributed by atoms with van der Waals surface area (Å²) in [5, 5.41) is 7.90. The first-order valence-corrected chi connectivity index (χ1v) is 14.3. The smallest absolute Gasteiger partial charge is 0.486 e. The van der Waals surface area contributed by atoms with Crippen molar-refractivity contribution in [3.8, 4) is 11.5 Å². The number of hydrogen-bond donors (Lipinski definition) is 2. The maximum atomic E-state index is 13.1. The van der Waals surface area contributed by atoms with E-state index in [4.69, 9.17) is 39.4 Å². The number of nitrogens with zero attached hydrogens (tertiary/aromatic N) is 1. The summed E-state index contributed by atoms with van der Waals surface area (Å²) >= 11 is 0. The number of methoxy groups -OCH3 is 1. The van der Waals surface area contributed by atoms with E-state index in [0.29, 0.717) is 37.2 Å². The first-order chi connectivity index (χ1) is 19.1. The molecule has 2 atom stereocenters. The van der Waals surface area contributed by atoms with Gasteiger partial charge in [-0.05, 0) is 76.7 Å². The van der Waals surface area contributed by atoms with Crippen molar-refractivity contribution in [2.45, 2.75) is 97.0 Å². The van der Waals surface area contributed by atoms with Crippen LogP contribution in [0.3, 0.4) is 0 Å². The molecule has 4 rings (SSSR count). The Labute approximate surface area is 242 Å². The Morgan fingerprint density at radius 2 is 1.93 bits per heavy atom. The van der Waals surface area contributed by atoms with Crippen LogP contribution in [-0.4, -0.2) is 80.1 Å². The van der Waals surface area contributed by atoms with Crippen LogP contribution in [0.1, 0.15) is 76.7 Å². The van der Waals surface area contributed by atoms with Crippen molar-refractivity contribution < 1.29 is 37.8 Å². The van der Waals surface area contributed by atoms with Gasteiger partial charge < -0.3 is 38.9 Å². The second-order valence-corrected chi connectivity index (χ2v) is 13.2. The highest BCUT2D eigenvalue weighted by molar-refractivity contribution is 6.45. The van der Waals surface area contributed by atoms with Gasteiger partial charge in [0.25, 0.3) is 0 Å². The molecule has 11 nitrogen and oxygen atoms in total. The molecule has 1 aliphatic carbocycles. The second-order valence-electron chi connectivity index (χ2n) is 13.2. The number of benzene rings is 1. The molecule has 3 aliphatic rings. The number of nitrogens with two attached hydrogens (primary N) is 1. The van der Waals surface area contributed by atoms with Crippen molar-refractivity contribution in [3.63, 3.8) is 0 Å². The van der Waals surface area contributed by atoms with Crippen LogP contribution < -0.4 is 15.2 Å². The summed E-state index contributed by atoms with van der Waals surface area (Å²) in [5.41, 5.74) is 5.19. The van der Waals surface area contributed by atoms with Gasteiger partial charge >= 0.3 is 19.2 Å². The van der Waals surface area contributed by atoms with Crippen LogP contribution in [0.25, 0.3) is 0 Å². The molecule has 226 valence electrons. The molecule has 1 saturated carbocycles. The molecule has 12 heteroatoms. The van der Waals surface area contributed by atoms with Gasteiger partial charge in [-0.2, -0.15) is 0 Å². The van der Waals surface area contributed by atoms with Crippen LogP contribution in [0.4, 0.5) is 4.79 Å². The minimum Gasteiger partial charge on any atom is -0.486 e. The summed E-state index contributed by atoms with van der Waals surface area (Å²) in [6, 6.07) is 3.45. The Bertz CT molecular complexity index is 1160. The fourth-order valence-corrected chi connectivity index (χ4v) is 5.93. The predicted molar refractivity (Wildman–Crippen MR) is 154 cm³/mol. The van der Waals surface area contributed by atoms with E-state index in [9.17, 15) is 9.59 Å². The van der Waals surface area contributed by atoms with E-state index in [2.05, 4.69) is 20.8 Å². The zero-order valence-electron chi connectivity index (χ0n) is 25.3. The van der Waals surface area contributed by atoms with E-state index < -0.39 is 24.8 Å². The third-order valence-electron chi connectivity index (χ3n) is 7.84. The molecule has 3 fully saturated rings. The number of carbonyl (C=O) groups excluding carboxylic acids is 2. The number of carbonyl (C=O) groups is 2. The minimum absolute atomic E-state index is 0.00106. The highest BCUT2D eigenvalue weighted by atomic mass is 16.7. The van der Waals surface area contributed by atoms with Crippen molar-refractivity contribution in [1.82, 2.24) is 4.90 Å². The van der Waals surface area contributed by atoms with E-state index in [-0.39, 0.29) is 46.8 Å². The van der Waals surface area contributed by atoms with Gasteiger partial charge in [0.1, 0.15) is 28.9 Å². The van der Waals surface area contributed by atoms with Crippen LogP contribution in [0, 0.1) is 10.8 Å². The van der Waals surface area contributed by atoms with Crippen LogP contribution in [0.5, 0.6) is 11.5 Å². The molecule has 3 N–H and O–H groups in total. The fraction of sp³-hybridized carbons (Fsp3) is 0.690. The van der Waals surface area contributed by atoms with Gasteiger partial charge in [-0.3, -0.25) is 5.41 Å². The van der Waals surface area contributed by atoms with Gasteiger partial charge in [0.05, 0.1) is 38.4 Å². The molecule has 0 amide bonds. The van der Waals surface area contributed by atoms with Crippen molar-refractivity contribution in [3.05, 3.63) is 23.3 Å². The number of likely N-dealkylation sites (tertiary alicyclic amines) is 1. The minimum atomic E-state index is -0.943. The van der Waals surface area contributed by atoms with Gasteiger partial charge in [0.2, 0.25) is 0 Å². The fourth-order valence-electron chi connectivity index (χ4n) is 5.93. The first-order valence-electron chi connectivity index (χ1n) is 14.3. The number of amidine groups is 1. The molecule has 1 aromatic rings. The molecule has 2 heterocycles. The standard InChI is InChI=1S/C29H44BN3O8/c1-27(2,3)39-26(35)38-24-18(11-13-30-40-21-10-12-28(4,5)17-29(21,6)41-30)8-9-20(23(24)25(34)36-7)37-19-15-33(16-19)22(32)14-31/h8-9,19,21,32H,10-17,31H2,1-7H3. The predicted octanol–water partition coefficient (Wildman–Crippen LogP) is 4.20. The lowest BCUT2D eigenvalue weighted by Gasteiger charge is -2.43. The van der Waals surface area contributed by atoms with Gasteiger partial charge in [-0.1, -0.05) is 19.9 Å². The Morgan fingerprint density at radius 3 is 2.56 bits per heavy atom. The van der Waals surface area contributed by atoms with E-state index >= 15 is 0 Å². The van der Waals surface area contributed by atoms with Crippen molar-refractivity contribution in [2.75, 3.05) is 26.7 Å². The topological polar surface area (TPSA) is 143 Å². The zero-order chi connectivity index (χ0) is 30.2. The molecule has 0 aromatic heterocycles. The normalized spacial score (nSPS) is 23.9. The van der Waals surface area contributed by atoms with Crippen molar-refractivity contribution >= 4 is 25.1 Å². The highest BCUT2D eigenvalue weighted by Crippen LogP contribution is 2.48. The van der Waals surface area contributed by atoms with Crippen LogP contribution >= 0.6 is 0 Å². The lowest BCUT2D eigenvalue weighted by Crippen LogP contribution is -2.57. The summed E-state index contributed by atoms with van der Waals surface area (Å²) in [7, 11) is 0.831. The number of ether oxygens (including phenoxy) is 4. The van der Waals surface area contributed by atoms with E-state index in [0.717, 1.165) is 19.3 Å². The van der Waals surface area contributed by atoms with Crippen molar-refractivity contribution in [1.29, 1.82) is 5.41 Å². The van der Waals surface area contributed by atoms with Gasteiger partial charge in [-0.15, -0.1) is 0 Å². The molecule has 0 radical (unpaired) electrons. The van der Waals surface area contributed by atoms with E-state index in [1.54, 1.807) is 37.8 Å². The lowest BCUT2D eigenvalue weighted by atomic mass is 9.69. The molecule has 2 unspecified atom stereocenters. The number of hydrogen-bond acceptors (Lipinski definition) is 10. The largest absolute Gasteiger partial charge is 0.514 e. The van der Waals surface area contributed by atoms with E-state index in [1.165, 1.54) is 7.11 Å². The quantitative estimate of drug-likeness (QED) is 0.153. The molecule has 0 bridgehead atoms. The van der Waals surface area contributed by atoms with Crippen LogP contribution in [0.2, 0.25) is 6.32 Å². The van der Waals surface area contributed by atoms with Crippen molar-refractivity contribution in [2.24, 2.45) is 11.1 Å². The molecular weight excluding hydrogens is 529 g/mol. The monoisotopic (exact) mass is 573 g/mol. The summed E-state index contributed by atoms with van der Waals surface area (Å²) in [6.07, 6.45) is 2.64. The number of aryl methyl sites for hydroxylation is 1. The Hall–Kier alpha value is -2.83. The molecular formula is C29H44BN3O8. The van der Waals surface area contributed by atoms with Gasteiger partial charge in [0.15, 0.2) is 5.75 Å². The summed E-state index contributed by atoms with van der Waals surface area (Å²) < 4.78 is 35.0. The third-order valence-corrected chi connectivity index (χ3v) is 7.84. The average molecular weight is 573 g/mol. The van der Waals surface area contributed by atoms with Gasteiger partial charge in [0, 0.05) is 0 Å². The third kappa shape index (κ3) is 7.34. The van der Waals surface area contributed by atoms with Crippen LogP contribution in [0.15, 0.2) is 12.1 Å². The second kappa shape index (κ2) is 11.8. The first kappa shape index (κ1) is 31.1. The Morgan fingerprint density at radius 1 is 1.22 bits per heavy atom. The SMILES string of the molecule is COC(=O)c1c(OC2CN(C(=N)CN)C2)ccc(CCB2OC3CCC(C)(C)CC3(C)O2)c1OC(=O)OC(C)(C)C. The molecule has 41 heavy (non-hydrogen) atoms. The Balaban J connectivity index is 1.57. The maximum absolute atomic E-state index is 13.1.